The molecule has 0 bridgehead atoms. The van der Waals surface area contributed by atoms with Crippen LogP contribution in [-0.4, -0.2) is 17.7 Å². The van der Waals surface area contributed by atoms with Gasteiger partial charge < -0.3 is 5.32 Å². The quantitative estimate of drug-likeness (QED) is 0.618. The minimum absolute atomic E-state index is 0.0420. The number of halogens is 3. The lowest BCUT2D eigenvalue weighted by molar-refractivity contribution is -0.134. The Morgan fingerprint density at radius 2 is 1.94 bits per heavy atom. The van der Waals surface area contributed by atoms with Gasteiger partial charge in [-0.25, -0.2) is 0 Å². The first-order chi connectivity index (χ1) is 7.52. The number of nitrogens with one attached hydrogen (secondary N) is 1. The molecular formula is C11H12ClF2NO. The number of alkyl halides is 2. The van der Waals surface area contributed by atoms with Gasteiger partial charge in [-0.15, -0.1) is 0 Å². The van der Waals surface area contributed by atoms with Crippen molar-refractivity contribution in [1.29, 1.82) is 0 Å². The third kappa shape index (κ3) is 4.24. The van der Waals surface area contributed by atoms with E-state index in [0.717, 1.165) is 5.56 Å². The molecule has 0 fully saturated rings. The van der Waals surface area contributed by atoms with Crippen LogP contribution in [0.15, 0.2) is 30.3 Å². The van der Waals surface area contributed by atoms with E-state index in [1.807, 2.05) is 30.3 Å². The summed E-state index contributed by atoms with van der Waals surface area (Å²) in [6, 6.07) is 9.39. The second-order valence-electron chi connectivity index (χ2n) is 3.39. The standard InChI is InChI=1S/C11H12ClF2NO/c12-10(16)11(13,14)6-7-15-8-9-4-2-1-3-5-9/h1-5,15H,6-8H2. The van der Waals surface area contributed by atoms with Crippen LogP contribution in [-0.2, 0) is 11.3 Å². The normalized spacial score (nSPS) is 11.4. The first-order valence-electron chi connectivity index (χ1n) is 4.85. The molecule has 1 rings (SSSR count). The van der Waals surface area contributed by atoms with Crippen molar-refractivity contribution in [1.82, 2.24) is 5.32 Å². The van der Waals surface area contributed by atoms with Crippen LogP contribution in [0.2, 0.25) is 0 Å². The van der Waals surface area contributed by atoms with Gasteiger partial charge in [-0.2, -0.15) is 8.78 Å². The molecule has 0 heterocycles. The molecule has 0 aliphatic rings. The van der Waals surface area contributed by atoms with E-state index < -0.39 is 17.6 Å². The van der Waals surface area contributed by atoms with Gasteiger partial charge in [0.25, 0.3) is 5.24 Å². The number of hydrogen-bond donors (Lipinski definition) is 1. The molecule has 0 unspecified atom stereocenters. The number of hydrogen-bond acceptors (Lipinski definition) is 2. The third-order valence-corrected chi connectivity index (χ3v) is 2.35. The van der Waals surface area contributed by atoms with E-state index in [1.54, 1.807) is 0 Å². The highest BCUT2D eigenvalue weighted by atomic mass is 35.5. The average molecular weight is 248 g/mol. The first kappa shape index (κ1) is 13.1. The highest BCUT2D eigenvalue weighted by molar-refractivity contribution is 6.65. The minimum Gasteiger partial charge on any atom is -0.312 e. The average Bonchev–Trinajstić information content (AvgIpc) is 2.26. The topological polar surface area (TPSA) is 29.1 Å². The first-order valence-corrected chi connectivity index (χ1v) is 5.22. The number of carbonyl (C=O) groups excluding carboxylic acids is 1. The molecule has 0 amide bonds. The molecule has 1 aromatic carbocycles. The van der Waals surface area contributed by atoms with Crippen LogP contribution in [0.1, 0.15) is 12.0 Å². The van der Waals surface area contributed by atoms with E-state index in [2.05, 4.69) is 5.32 Å². The van der Waals surface area contributed by atoms with Crippen molar-refractivity contribution in [3.8, 4) is 0 Å². The predicted octanol–water partition coefficient (Wildman–Crippen LogP) is 2.57. The van der Waals surface area contributed by atoms with Gasteiger partial charge in [-0.1, -0.05) is 30.3 Å². The van der Waals surface area contributed by atoms with E-state index in [0.29, 0.717) is 6.54 Å². The van der Waals surface area contributed by atoms with E-state index in [9.17, 15) is 13.6 Å². The molecule has 0 saturated heterocycles. The summed E-state index contributed by atoms with van der Waals surface area (Å²) < 4.78 is 25.5. The number of carbonyl (C=O) groups is 1. The molecule has 0 saturated carbocycles. The number of rotatable bonds is 6. The Balaban J connectivity index is 2.25. The van der Waals surface area contributed by atoms with Crippen molar-refractivity contribution < 1.29 is 13.6 Å². The zero-order valence-corrected chi connectivity index (χ0v) is 9.31. The van der Waals surface area contributed by atoms with E-state index in [-0.39, 0.29) is 6.54 Å². The molecule has 2 nitrogen and oxygen atoms in total. The van der Waals surface area contributed by atoms with Crippen molar-refractivity contribution in [3.05, 3.63) is 35.9 Å². The van der Waals surface area contributed by atoms with Crippen molar-refractivity contribution in [3.63, 3.8) is 0 Å². The molecule has 1 aromatic rings. The molecule has 0 aliphatic heterocycles. The maximum atomic E-state index is 12.8. The van der Waals surface area contributed by atoms with E-state index >= 15 is 0 Å². The smallest absolute Gasteiger partial charge is 0.312 e. The maximum Gasteiger partial charge on any atom is 0.321 e. The fourth-order valence-corrected chi connectivity index (χ4v) is 1.27. The fraction of sp³-hybridized carbons (Fsp3) is 0.364. The van der Waals surface area contributed by atoms with Gasteiger partial charge in [0.05, 0.1) is 0 Å². The Kier molecular flexibility index (Phi) is 4.83. The zero-order chi connectivity index (χ0) is 12.0. The molecular weight excluding hydrogens is 236 g/mol. The highest BCUT2D eigenvalue weighted by Gasteiger charge is 2.36. The summed E-state index contributed by atoms with van der Waals surface area (Å²) in [6.45, 7) is 0.535. The molecule has 1 N–H and O–H groups in total. The summed E-state index contributed by atoms with van der Waals surface area (Å²) in [5, 5.41) is 1.22. The molecule has 88 valence electrons. The zero-order valence-electron chi connectivity index (χ0n) is 8.55. The fourth-order valence-electron chi connectivity index (χ4n) is 1.17. The van der Waals surface area contributed by atoms with Gasteiger partial charge in [0.1, 0.15) is 0 Å². The summed E-state index contributed by atoms with van der Waals surface area (Å²) in [6.07, 6.45) is -0.581. The van der Waals surface area contributed by atoms with Gasteiger partial charge in [-0.05, 0) is 17.2 Å². The molecule has 16 heavy (non-hydrogen) atoms. The van der Waals surface area contributed by atoms with Crippen LogP contribution < -0.4 is 5.32 Å². The van der Waals surface area contributed by atoms with Crippen LogP contribution in [0.4, 0.5) is 8.78 Å². The molecule has 0 aliphatic carbocycles. The summed E-state index contributed by atoms with van der Waals surface area (Å²) in [7, 11) is 0. The van der Waals surface area contributed by atoms with Crippen molar-refractivity contribution in [2.24, 2.45) is 0 Å². The number of benzene rings is 1. The Morgan fingerprint density at radius 3 is 2.50 bits per heavy atom. The predicted molar refractivity (Wildman–Crippen MR) is 58.6 cm³/mol. The maximum absolute atomic E-state index is 12.8. The Labute approximate surface area is 97.6 Å². The van der Waals surface area contributed by atoms with E-state index in [4.69, 9.17) is 11.6 Å². The van der Waals surface area contributed by atoms with Crippen LogP contribution in [0.25, 0.3) is 0 Å². The van der Waals surface area contributed by atoms with Crippen LogP contribution >= 0.6 is 11.6 Å². The minimum atomic E-state index is -3.44. The van der Waals surface area contributed by atoms with Gasteiger partial charge >= 0.3 is 5.92 Å². The van der Waals surface area contributed by atoms with Crippen molar-refractivity contribution in [2.75, 3.05) is 6.54 Å². The second-order valence-corrected chi connectivity index (χ2v) is 3.73. The lowest BCUT2D eigenvalue weighted by Gasteiger charge is -2.11. The SMILES string of the molecule is O=C(Cl)C(F)(F)CCNCc1ccccc1. The molecule has 5 heteroatoms. The monoisotopic (exact) mass is 247 g/mol. The molecule has 0 radical (unpaired) electrons. The van der Waals surface area contributed by atoms with Crippen molar-refractivity contribution >= 4 is 16.8 Å². The van der Waals surface area contributed by atoms with Gasteiger partial charge in [0, 0.05) is 19.5 Å². The van der Waals surface area contributed by atoms with E-state index in [1.165, 1.54) is 0 Å². The molecule has 0 spiro atoms. The highest BCUT2D eigenvalue weighted by Crippen LogP contribution is 2.20. The summed E-state index contributed by atoms with van der Waals surface area (Å²) in [4.78, 5) is 10.3. The van der Waals surface area contributed by atoms with Gasteiger partial charge in [0.15, 0.2) is 0 Å². The van der Waals surface area contributed by atoms with Crippen molar-refractivity contribution in [2.45, 2.75) is 18.9 Å². The second kappa shape index (κ2) is 5.92. The van der Waals surface area contributed by atoms with Crippen LogP contribution in [0, 0.1) is 0 Å². The van der Waals surface area contributed by atoms with Gasteiger partial charge in [0.2, 0.25) is 0 Å². The summed E-state index contributed by atoms with van der Waals surface area (Å²) >= 11 is 4.75. The Bertz CT molecular complexity index is 343. The summed E-state index contributed by atoms with van der Waals surface area (Å²) in [5.74, 6) is -3.44. The third-order valence-electron chi connectivity index (χ3n) is 2.08. The molecule has 0 aromatic heterocycles. The van der Waals surface area contributed by atoms with Crippen LogP contribution in [0.3, 0.4) is 0 Å². The Hall–Kier alpha value is -1.00. The largest absolute Gasteiger partial charge is 0.321 e. The Morgan fingerprint density at radius 1 is 1.31 bits per heavy atom. The molecule has 0 atom stereocenters. The van der Waals surface area contributed by atoms with Gasteiger partial charge in [-0.3, -0.25) is 4.79 Å². The lowest BCUT2D eigenvalue weighted by atomic mass is 10.2. The lowest BCUT2D eigenvalue weighted by Crippen LogP contribution is -2.29. The summed E-state index contributed by atoms with van der Waals surface area (Å²) in [5.41, 5.74) is 1.00. The van der Waals surface area contributed by atoms with Crippen LogP contribution in [0.5, 0.6) is 0 Å².